The van der Waals surface area contributed by atoms with Crippen molar-refractivity contribution in [3.8, 4) is 17.2 Å². The maximum absolute atomic E-state index is 12.9. The number of hydrogen-bond acceptors (Lipinski definition) is 6. The third-order valence-electron chi connectivity index (χ3n) is 4.86. The van der Waals surface area contributed by atoms with Crippen LogP contribution in [-0.4, -0.2) is 16.9 Å². The fraction of sp³-hybridized carbons (Fsp3) is 0.125. The summed E-state index contributed by atoms with van der Waals surface area (Å²) in [5, 5.41) is 2.70. The predicted molar refractivity (Wildman–Crippen MR) is 112 cm³/mol. The van der Waals surface area contributed by atoms with E-state index in [9.17, 15) is 9.59 Å². The van der Waals surface area contributed by atoms with Crippen LogP contribution in [0.15, 0.2) is 81.8 Å². The van der Waals surface area contributed by atoms with Gasteiger partial charge in [0, 0.05) is 23.2 Å². The topological polar surface area (TPSA) is 94.6 Å². The fourth-order valence-corrected chi connectivity index (χ4v) is 3.20. The SMILES string of the molecule is O=C(Nc1cccc(OC(=O)c2nc(-c3ccccc3)oc2C2CC2)c1)c1ccco1. The molecule has 1 amide bonds. The van der Waals surface area contributed by atoms with Crippen molar-refractivity contribution >= 4 is 17.6 Å². The molecule has 0 unspecified atom stereocenters. The molecule has 154 valence electrons. The average molecular weight is 414 g/mol. The van der Waals surface area contributed by atoms with Gasteiger partial charge in [0.15, 0.2) is 11.5 Å². The number of benzene rings is 2. The number of nitrogens with one attached hydrogen (secondary N) is 1. The van der Waals surface area contributed by atoms with Gasteiger partial charge in [0.2, 0.25) is 5.89 Å². The molecule has 0 aliphatic heterocycles. The lowest BCUT2D eigenvalue weighted by Crippen LogP contribution is -2.13. The lowest BCUT2D eigenvalue weighted by atomic mass is 10.2. The number of esters is 1. The summed E-state index contributed by atoms with van der Waals surface area (Å²) in [6, 6.07) is 19.2. The first kappa shape index (κ1) is 18.9. The number of amides is 1. The number of carbonyl (C=O) groups excluding carboxylic acids is 2. The number of rotatable bonds is 6. The van der Waals surface area contributed by atoms with Gasteiger partial charge in [-0.05, 0) is 49.2 Å². The number of ether oxygens (including phenoxy) is 1. The van der Waals surface area contributed by atoms with E-state index in [1.165, 1.54) is 6.26 Å². The van der Waals surface area contributed by atoms with Gasteiger partial charge in [-0.2, -0.15) is 0 Å². The molecule has 0 atom stereocenters. The van der Waals surface area contributed by atoms with Crippen LogP contribution in [0.1, 0.15) is 45.6 Å². The van der Waals surface area contributed by atoms with Gasteiger partial charge >= 0.3 is 5.97 Å². The highest BCUT2D eigenvalue weighted by atomic mass is 16.5. The quantitative estimate of drug-likeness (QED) is 0.341. The smallest absolute Gasteiger partial charge is 0.366 e. The maximum Gasteiger partial charge on any atom is 0.366 e. The number of carbonyl (C=O) groups is 2. The molecule has 2 aromatic carbocycles. The van der Waals surface area contributed by atoms with Crippen molar-refractivity contribution < 1.29 is 23.2 Å². The van der Waals surface area contributed by atoms with Crippen molar-refractivity contribution in [2.24, 2.45) is 0 Å². The van der Waals surface area contributed by atoms with Crippen LogP contribution in [0, 0.1) is 0 Å². The highest BCUT2D eigenvalue weighted by Crippen LogP contribution is 2.43. The minimum absolute atomic E-state index is 0.186. The first-order chi connectivity index (χ1) is 15.2. The summed E-state index contributed by atoms with van der Waals surface area (Å²) >= 11 is 0. The summed E-state index contributed by atoms with van der Waals surface area (Å²) in [7, 11) is 0. The lowest BCUT2D eigenvalue weighted by Gasteiger charge is -2.07. The van der Waals surface area contributed by atoms with Crippen molar-refractivity contribution in [2.45, 2.75) is 18.8 Å². The van der Waals surface area contributed by atoms with E-state index in [4.69, 9.17) is 13.6 Å². The molecule has 1 aliphatic carbocycles. The minimum Gasteiger partial charge on any atom is -0.459 e. The Balaban J connectivity index is 1.36. The number of oxazole rings is 1. The zero-order valence-electron chi connectivity index (χ0n) is 16.4. The molecule has 0 saturated heterocycles. The number of anilines is 1. The molecule has 4 aromatic rings. The summed E-state index contributed by atoms with van der Waals surface area (Å²) in [6.07, 6.45) is 3.34. The Kier molecular flexibility index (Phi) is 4.84. The van der Waals surface area contributed by atoms with E-state index in [1.54, 1.807) is 36.4 Å². The molecular weight excluding hydrogens is 396 g/mol. The zero-order valence-corrected chi connectivity index (χ0v) is 16.4. The maximum atomic E-state index is 12.9. The third kappa shape index (κ3) is 4.11. The van der Waals surface area contributed by atoms with Crippen molar-refractivity contribution in [1.29, 1.82) is 0 Å². The zero-order chi connectivity index (χ0) is 21.2. The second kappa shape index (κ2) is 7.95. The molecule has 0 spiro atoms. The highest BCUT2D eigenvalue weighted by Gasteiger charge is 2.35. The molecule has 5 rings (SSSR count). The largest absolute Gasteiger partial charge is 0.459 e. The fourth-order valence-electron chi connectivity index (χ4n) is 3.20. The molecule has 1 aliphatic rings. The van der Waals surface area contributed by atoms with E-state index >= 15 is 0 Å². The van der Waals surface area contributed by atoms with Crippen LogP contribution in [0.2, 0.25) is 0 Å². The lowest BCUT2D eigenvalue weighted by molar-refractivity contribution is 0.0727. The number of hydrogen-bond donors (Lipinski definition) is 1. The van der Waals surface area contributed by atoms with E-state index < -0.39 is 11.9 Å². The number of aromatic nitrogens is 1. The predicted octanol–water partition coefficient (Wildman–Crippen LogP) is 5.28. The molecule has 1 saturated carbocycles. The van der Waals surface area contributed by atoms with E-state index in [-0.39, 0.29) is 23.1 Å². The highest BCUT2D eigenvalue weighted by molar-refractivity contribution is 6.02. The standard InChI is InChI=1S/C24H18N2O5/c27-22(19-10-5-13-29-19)25-17-8-4-9-18(14-17)30-24(28)20-21(15-11-12-15)31-23(26-20)16-6-2-1-3-7-16/h1-10,13-15H,11-12H2,(H,25,27). The van der Waals surface area contributed by atoms with Crippen LogP contribution >= 0.6 is 0 Å². The van der Waals surface area contributed by atoms with E-state index in [2.05, 4.69) is 10.3 Å². The molecule has 7 heteroatoms. The second-order valence-corrected chi connectivity index (χ2v) is 7.22. The van der Waals surface area contributed by atoms with Gasteiger partial charge in [0.25, 0.3) is 5.91 Å². The Hall–Kier alpha value is -4.13. The molecule has 1 fully saturated rings. The molecule has 7 nitrogen and oxygen atoms in total. The Morgan fingerprint density at radius 2 is 1.84 bits per heavy atom. The molecule has 1 N–H and O–H groups in total. The van der Waals surface area contributed by atoms with Crippen molar-refractivity contribution in [2.75, 3.05) is 5.32 Å². The number of nitrogens with zero attached hydrogens (tertiary/aromatic N) is 1. The van der Waals surface area contributed by atoms with Gasteiger partial charge in [-0.1, -0.05) is 24.3 Å². The molecule has 31 heavy (non-hydrogen) atoms. The van der Waals surface area contributed by atoms with Crippen LogP contribution in [0.4, 0.5) is 5.69 Å². The summed E-state index contributed by atoms with van der Waals surface area (Å²) in [6.45, 7) is 0. The van der Waals surface area contributed by atoms with Gasteiger partial charge in [-0.25, -0.2) is 9.78 Å². The Labute approximate surface area is 177 Å². The van der Waals surface area contributed by atoms with Crippen molar-refractivity contribution in [1.82, 2.24) is 4.98 Å². The minimum atomic E-state index is -0.595. The molecule has 0 bridgehead atoms. The van der Waals surface area contributed by atoms with Gasteiger partial charge in [0.05, 0.1) is 6.26 Å². The molecule has 2 aromatic heterocycles. The third-order valence-corrected chi connectivity index (χ3v) is 4.86. The van der Waals surface area contributed by atoms with Crippen LogP contribution in [0.5, 0.6) is 5.75 Å². The first-order valence-corrected chi connectivity index (χ1v) is 9.90. The summed E-state index contributed by atoms with van der Waals surface area (Å²) in [4.78, 5) is 29.5. The van der Waals surface area contributed by atoms with Gasteiger partial charge in [-0.15, -0.1) is 0 Å². The van der Waals surface area contributed by atoms with Gasteiger partial charge in [-0.3, -0.25) is 4.79 Å². The molecule has 2 heterocycles. The monoisotopic (exact) mass is 414 g/mol. The summed E-state index contributed by atoms with van der Waals surface area (Å²) in [5.41, 5.74) is 1.46. The Morgan fingerprint density at radius 3 is 2.58 bits per heavy atom. The summed E-state index contributed by atoms with van der Waals surface area (Å²) in [5.74, 6) is 0.628. The van der Waals surface area contributed by atoms with E-state index in [0.717, 1.165) is 18.4 Å². The van der Waals surface area contributed by atoms with Gasteiger partial charge < -0.3 is 18.9 Å². The first-order valence-electron chi connectivity index (χ1n) is 9.90. The van der Waals surface area contributed by atoms with Crippen molar-refractivity contribution in [3.63, 3.8) is 0 Å². The summed E-state index contributed by atoms with van der Waals surface area (Å²) < 4.78 is 16.6. The second-order valence-electron chi connectivity index (χ2n) is 7.22. The van der Waals surface area contributed by atoms with E-state index in [1.807, 2.05) is 30.3 Å². The van der Waals surface area contributed by atoms with Crippen LogP contribution < -0.4 is 10.1 Å². The van der Waals surface area contributed by atoms with Crippen molar-refractivity contribution in [3.05, 3.63) is 90.2 Å². The number of furan rings is 1. The molecular formula is C24H18N2O5. The van der Waals surface area contributed by atoms with Crippen LogP contribution in [-0.2, 0) is 0 Å². The van der Waals surface area contributed by atoms with E-state index in [0.29, 0.717) is 17.3 Å². The van der Waals surface area contributed by atoms with Crippen LogP contribution in [0.25, 0.3) is 11.5 Å². The Bertz CT molecular complexity index is 1220. The van der Waals surface area contributed by atoms with Gasteiger partial charge in [0.1, 0.15) is 11.5 Å². The van der Waals surface area contributed by atoms with Crippen LogP contribution in [0.3, 0.4) is 0 Å². The average Bonchev–Trinajstić information content (AvgIpc) is 3.29. The Morgan fingerprint density at radius 1 is 1.00 bits per heavy atom. The molecule has 0 radical (unpaired) electrons. The normalized spacial score (nSPS) is 13.0.